The first-order chi connectivity index (χ1) is 11.9. The smallest absolute Gasteiger partial charge is 0.0702 e. The van der Waals surface area contributed by atoms with E-state index < -0.39 is 0 Å². The van der Waals surface area contributed by atoms with E-state index in [4.69, 9.17) is 4.74 Å². The SMILES string of the molecule is CCCCO[C@H]1C[C@@H](CCc2ccccc2)[C@@H]1Sc1ccccc1. The topological polar surface area (TPSA) is 9.23 Å². The fourth-order valence-corrected chi connectivity index (χ4v) is 4.73. The van der Waals surface area contributed by atoms with Crippen molar-refractivity contribution >= 4 is 11.8 Å². The van der Waals surface area contributed by atoms with E-state index in [9.17, 15) is 0 Å². The van der Waals surface area contributed by atoms with Crippen molar-refractivity contribution in [1.29, 1.82) is 0 Å². The molecule has 0 bridgehead atoms. The van der Waals surface area contributed by atoms with Crippen LogP contribution in [0.4, 0.5) is 0 Å². The Morgan fingerprint density at radius 2 is 1.71 bits per heavy atom. The van der Waals surface area contributed by atoms with Gasteiger partial charge in [0.1, 0.15) is 0 Å². The van der Waals surface area contributed by atoms with Crippen molar-refractivity contribution in [3.8, 4) is 0 Å². The molecule has 0 unspecified atom stereocenters. The standard InChI is InChI=1S/C22H28OS/c1-2-3-16-23-21-17-19(15-14-18-10-6-4-7-11-18)22(21)24-20-12-8-5-9-13-20/h4-13,19,21-22H,2-3,14-17H2,1H3/t19-,21+,22+/m1/s1. The third-order valence-electron chi connectivity index (χ3n) is 4.86. The number of hydrogen-bond donors (Lipinski definition) is 0. The highest BCUT2D eigenvalue weighted by atomic mass is 32.2. The van der Waals surface area contributed by atoms with Gasteiger partial charge in [0, 0.05) is 16.8 Å². The molecule has 0 heterocycles. The van der Waals surface area contributed by atoms with Gasteiger partial charge in [0.15, 0.2) is 0 Å². The highest BCUT2D eigenvalue weighted by molar-refractivity contribution is 8.00. The lowest BCUT2D eigenvalue weighted by atomic mass is 9.78. The number of thioether (sulfide) groups is 1. The summed E-state index contributed by atoms with van der Waals surface area (Å²) in [7, 11) is 0. The maximum atomic E-state index is 6.16. The molecular formula is C22H28OS. The number of hydrogen-bond acceptors (Lipinski definition) is 2. The molecule has 0 N–H and O–H groups in total. The maximum Gasteiger partial charge on any atom is 0.0702 e. The third-order valence-corrected chi connectivity index (χ3v) is 6.36. The average molecular weight is 341 g/mol. The highest BCUT2D eigenvalue weighted by Crippen LogP contribution is 2.45. The molecule has 2 heteroatoms. The number of aryl methyl sites for hydroxylation is 1. The van der Waals surface area contributed by atoms with E-state index >= 15 is 0 Å². The lowest BCUT2D eigenvalue weighted by Crippen LogP contribution is -2.46. The molecule has 0 aliphatic heterocycles. The van der Waals surface area contributed by atoms with Crippen LogP contribution in [0.2, 0.25) is 0 Å². The molecule has 0 spiro atoms. The van der Waals surface area contributed by atoms with Crippen molar-refractivity contribution in [2.24, 2.45) is 5.92 Å². The Bertz CT molecular complexity index is 583. The molecule has 2 aromatic rings. The minimum absolute atomic E-state index is 0.433. The second kappa shape index (κ2) is 9.29. The Hall–Kier alpha value is -1.25. The molecule has 1 aliphatic carbocycles. The lowest BCUT2D eigenvalue weighted by molar-refractivity contribution is -0.0260. The zero-order valence-corrected chi connectivity index (χ0v) is 15.4. The van der Waals surface area contributed by atoms with Gasteiger partial charge in [0.05, 0.1) is 6.10 Å². The fraction of sp³-hybridized carbons (Fsp3) is 0.455. The van der Waals surface area contributed by atoms with E-state index in [1.807, 2.05) is 11.8 Å². The van der Waals surface area contributed by atoms with E-state index in [1.54, 1.807) is 0 Å². The van der Waals surface area contributed by atoms with Gasteiger partial charge in [-0.2, -0.15) is 0 Å². The first kappa shape index (κ1) is 17.6. The van der Waals surface area contributed by atoms with Crippen molar-refractivity contribution < 1.29 is 4.74 Å². The molecule has 0 saturated heterocycles. The molecule has 1 aliphatic rings. The van der Waals surface area contributed by atoms with Crippen LogP contribution in [0.3, 0.4) is 0 Å². The van der Waals surface area contributed by atoms with Crippen molar-refractivity contribution in [1.82, 2.24) is 0 Å². The summed E-state index contributed by atoms with van der Waals surface area (Å²) < 4.78 is 6.16. The molecule has 0 aromatic heterocycles. The maximum absolute atomic E-state index is 6.16. The molecular weight excluding hydrogens is 312 g/mol. The first-order valence-electron chi connectivity index (χ1n) is 9.24. The van der Waals surface area contributed by atoms with Gasteiger partial charge < -0.3 is 4.74 Å². The molecule has 24 heavy (non-hydrogen) atoms. The third kappa shape index (κ3) is 4.87. The molecule has 1 fully saturated rings. The van der Waals surface area contributed by atoms with Crippen LogP contribution in [0.1, 0.15) is 38.2 Å². The van der Waals surface area contributed by atoms with Gasteiger partial charge in [0.25, 0.3) is 0 Å². The Labute approximate surface area is 150 Å². The van der Waals surface area contributed by atoms with Crippen molar-refractivity contribution in [2.75, 3.05) is 6.61 Å². The fourth-order valence-electron chi connectivity index (χ4n) is 3.32. The zero-order chi connectivity index (χ0) is 16.6. The Balaban J connectivity index is 1.56. The lowest BCUT2D eigenvalue weighted by Gasteiger charge is -2.44. The summed E-state index contributed by atoms with van der Waals surface area (Å²) in [6.45, 7) is 3.14. The monoisotopic (exact) mass is 340 g/mol. The summed E-state index contributed by atoms with van der Waals surface area (Å²) in [5.41, 5.74) is 1.45. The van der Waals surface area contributed by atoms with Gasteiger partial charge in [-0.1, -0.05) is 61.9 Å². The second-order valence-corrected chi connectivity index (χ2v) is 7.93. The van der Waals surface area contributed by atoms with Gasteiger partial charge >= 0.3 is 0 Å². The summed E-state index contributed by atoms with van der Waals surface area (Å²) >= 11 is 2.01. The van der Waals surface area contributed by atoms with Crippen molar-refractivity contribution in [3.63, 3.8) is 0 Å². The van der Waals surface area contributed by atoms with Crippen LogP contribution in [0, 0.1) is 5.92 Å². The number of benzene rings is 2. The van der Waals surface area contributed by atoms with Gasteiger partial charge in [-0.15, -0.1) is 11.8 Å². The predicted octanol–water partition coefficient (Wildman–Crippen LogP) is 5.99. The van der Waals surface area contributed by atoms with E-state index in [1.165, 1.54) is 42.6 Å². The zero-order valence-electron chi connectivity index (χ0n) is 14.6. The molecule has 0 amide bonds. The normalized spacial score (nSPS) is 23.0. The molecule has 128 valence electrons. The van der Waals surface area contributed by atoms with Gasteiger partial charge in [-0.25, -0.2) is 0 Å². The van der Waals surface area contributed by atoms with Crippen LogP contribution in [-0.2, 0) is 11.2 Å². The Morgan fingerprint density at radius 3 is 2.42 bits per heavy atom. The number of unbranched alkanes of at least 4 members (excludes halogenated alkanes) is 1. The summed E-state index contributed by atoms with van der Waals surface area (Å²) in [5, 5.41) is 0.605. The van der Waals surface area contributed by atoms with Gasteiger partial charge in [0.2, 0.25) is 0 Å². The summed E-state index contributed by atoms with van der Waals surface area (Å²) in [5.74, 6) is 0.766. The van der Waals surface area contributed by atoms with Crippen LogP contribution in [0.5, 0.6) is 0 Å². The van der Waals surface area contributed by atoms with Crippen LogP contribution < -0.4 is 0 Å². The van der Waals surface area contributed by atoms with E-state index in [0.717, 1.165) is 12.5 Å². The van der Waals surface area contributed by atoms with Crippen molar-refractivity contribution in [3.05, 3.63) is 66.2 Å². The quantitative estimate of drug-likeness (QED) is 0.519. The van der Waals surface area contributed by atoms with Crippen molar-refractivity contribution in [2.45, 2.75) is 55.3 Å². The minimum atomic E-state index is 0.433. The molecule has 3 rings (SSSR count). The Kier molecular flexibility index (Phi) is 6.80. The van der Waals surface area contributed by atoms with E-state index in [0.29, 0.717) is 11.4 Å². The summed E-state index contributed by atoms with van der Waals surface area (Å²) in [4.78, 5) is 1.37. The van der Waals surface area contributed by atoms with Gasteiger partial charge in [-0.05, 0) is 49.3 Å². The highest BCUT2D eigenvalue weighted by Gasteiger charge is 2.41. The second-order valence-electron chi connectivity index (χ2n) is 6.68. The van der Waals surface area contributed by atoms with Crippen LogP contribution in [-0.4, -0.2) is 18.0 Å². The van der Waals surface area contributed by atoms with Crippen LogP contribution >= 0.6 is 11.8 Å². The summed E-state index contributed by atoms with van der Waals surface area (Å²) in [6.07, 6.45) is 6.49. The minimum Gasteiger partial charge on any atom is -0.377 e. The first-order valence-corrected chi connectivity index (χ1v) is 10.1. The number of rotatable bonds is 9. The largest absolute Gasteiger partial charge is 0.377 e. The molecule has 1 saturated carbocycles. The predicted molar refractivity (Wildman–Crippen MR) is 104 cm³/mol. The molecule has 1 nitrogen and oxygen atoms in total. The molecule has 3 atom stereocenters. The average Bonchev–Trinajstić information content (AvgIpc) is 2.63. The Morgan fingerprint density at radius 1 is 1.00 bits per heavy atom. The summed E-state index contributed by atoms with van der Waals surface area (Å²) in [6, 6.07) is 21.7. The van der Waals surface area contributed by atoms with E-state index in [2.05, 4.69) is 67.6 Å². The van der Waals surface area contributed by atoms with Crippen LogP contribution in [0.25, 0.3) is 0 Å². The molecule has 2 aromatic carbocycles. The molecule has 0 radical (unpaired) electrons. The van der Waals surface area contributed by atoms with E-state index in [-0.39, 0.29) is 0 Å². The van der Waals surface area contributed by atoms with Gasteiger partial charge in [-0.3, -0.25) is 0 Å². The number of ether oxygens (including phenoxy) is 1. The van der Waals surface area contributed by atoms with Crippen LogP contribution in [0.15, 0.2) is 65.6 Å².